The van der Waals surface area contributed by atoms with Gasteiger partial charge in [0.2, 0.25) is 0 Å². The molecule has 1 atom stereocenters. The van der Waals surface area contributed by atoms with E-state index in [4.69, 9.17) is 9.47 Å². The van der Waals surface area contributed by atoms with Crippen LogP contribution >= 0.6 is 0 Å². The van der Waals surface area contributed by atoms with Crippen LogP contribution in [-0.2, 0) is 14.3 Å². The van der Waals surface area contributed by atoms with Crippen LogP contribution in [0.15, 0.2) is 48.3 Å². The Bertz CT molecular complexity index is 939. The van der Waals surface area contributed by atoms with E-state index < -0.39 is 17.7 Å². The zero-order chi connectivity index (χ0) is 21.0. The van der Waals surface area contributed by atoms with Gasteiger partial charge in [-0.3, -0.25) is 14.6 Å². The average Bonchev–Trinajstić information content (AvgIpc) is 2.99. The summed E-state index contributed by atoms with van der Waals surface area (Å²) in [6.07, 6.45) is 3.77. The van der Waals surface area contributed by atoms with Gasteiger partial charge in [-0.25, -0.2) is 0 Å². The minimum absolute atomic E-state index is 0.0724. The standard InChI is InChI=1S/C22H24N2O5/c1-14-13-16(5-6-17(14)29-3)20(25)18-19(15-7-9-23-10-8-15)24(11-4-12-28-2)22(27)21(18)26/h5-10,13,19,25H,4,11-12H2,1-3H3. The van der Waals surface area contributed by atoms with Crippen LogP contribution in [0.2, 0.25) is 0 Å². The zero-order valence-electron chi connectivity index (χ0n) is 16.7. The van der Waals surface area contributed by atoms with Crippen LogP contribution < -0.4 is 4.74 Å². The quantitative estimate of drug-likeness (QED) is 0.335. The van der Waals surface area contributed by atoms with Crippen molar-refractivity contribution in [3.63, 3.8) is 0 Å². The molecule has 7 nitrogen and oxygen atoms in total. The number of hydrogen-bond acceptors (Lipinski definition) is 6. The topological polar surface area (TPSA) is 89.0 Å². The summed E-state index contributed by atoms with van der Waals surface area (Å²) in [6.45, 7) is 2.65. The normalized spacial score (nSPS) is 18.3. The van der Waals surface area contributed by atoms with E-state index in [0.717, 1.165) is 5.56 Å². The second kappa shape index (κ2) is 8.87. The van der Waals surface area contributed by atoms with Gasteiger partial charge in [-0.15, -0.1) is 0 Å². The number of carbonyl (C=O) groups is 2. The first-order valence-corrected chi connectivity index (χ1v) is 9.31. The molecule has 0 bridgehead atoms. The number of ketones is 1. The van der Waals surface area contributed by atoms with Gasteiger partial charge < -0.3 is 19.5 Å². The molecule has 1 unspecified atom stereocenters. The molecule has 152 valence electrons. The van der Waals surface area contributed by atoms with Crippen LogP contribution in [0.5, 0.6) is 5.75 Å². The Morgan fingerprint density at radius 3 is 2.52 bits per heavy atom. The number of ether oxygens (including phenoxy) is 2. The summed E-state index contributed by atoms with van der Waals surface area (Å²) in [5, 5.41) is 11.0. The largest absolute Gasteiger partial charge is 0.507 e. The lowest BCUT2D eigenvalue weighted by molar-refractivity contribution is -0.140. The van der Waals surface area contributed by atoms with E-state index in [9.17, 15) is 14.7 Å². The number of aliphatic hydroxyl groups is 1. The maximum absolute atomic E-state index is 12.9. The lowest BCUT2D eigenvalue weighted by atomic mass is 9.95. The molecule has 2 heterocycles. The van der Waals surface area contributed by atoms with Gasteiger partial charge in [0.1, 0.15) is 11.5 Å². The number of methoxy groups -OCH3 is 2. The second-order valence-electron chi connectivity index (χ2n) is 6.80. The minimum Gasteiger partial charge on any atom is -0.507 e. The monoisotopic (exact) mass is 396 g/mol. The number of benzene rings is 1. The van der Waals surface area contributed by atoms with Crippen molar-refractivity contribution in [2.24, 2.45) is 0 Å². The van der Waals surface area contributed by atoms with Gasteiger partial charge in [-0.05, 0) is 54.8 Å². The molecule has 1 aromatic carbocycles. The SMILES string of the molecule is COCCCN1C(=O)C(=O)C(=C(O)c2ccc(OC)c(C)c2)C1c1ccncc1. The predicted molar refractivity (Wildman–Crippen MR) is 107 cm³/mol. The molecular weight excluding hydrogens is 372 g/mol. The number of aryl methyl sites for hydroxylation is 1. The number of carbonyl (C=O) groups excluding carboxylic acids is 2. The van der Waals surface area contributed by atoms with E-state index in [-0.39, 0.29) is 11.3 Å². The van der Waals surface area contributed by atoms with Gasteiger partial charge in [-0.2, -0.15) is 0 Å². The summed E-state index contributed by atoms with van der Waals surface area (Å²) in [5.74, 6) is -0.859. The fourth-order valence-corrected chi connectivity index (χ4v) is 3.56. The number of rotatable bonds is 7. The second-order valence-corrected chi connectivity index (χ2v) is 6.80. The first-order valence-electron chi connectivity index (χ1n) is 9.31. The van der Waals surface area contributed by atoms with Gasteiger partial charge >= 0.3 is 0 Å². The Labute approximate surface area is 169 Å². The van der Waals surface area contributed by atoms with Crippen molar-refractivity contribution in [3.8, 4) is 5.75 Å². The number of pyridine rings is 1. The average molecular weight is 396 g/mol. The fraction of sp³-hybridized carbons (Fsp3) is 0.318. The van der Waals surface area contributed by atoms with E-state index in [2.05, 4.69) is 4.98 Å². The van der Waals surface area contributed by atoms with Crippen molar-refractivity contribution in [2.45, 2.75) is 19.4 Å². The number of aliphatic hydroxyl groups excluding tert-OH is 1. The Hall–Kier alpha value is -3.19. The lowest BCUT2D eigenvalue weighted by Gasteiger charge is -2.25. The molecule has 1 aliphatic heterocycles. The van der Waals surface area contributed by atoms with Gasteiger partial charge in [0, 0.05) is 38.2 Å². The van der Waals surface area contributed by atoms with Gasteiger partial charge in [0.15, 0.2) is 0 Å². The summed E-state index contributed by atoms with van der Waals surface area (Å²) in [5.41, 5.74) is 2.05. The van der Waals surface area contributed by atoms with Crippen molar-refractivity contribution in [1.82, 2.24) is 9.88 Å². The first kappa shape index (κ1) is 20.5. The van der Waals surface area contributed by atoms with Gasteiger partial charge in [0.05, 0.1) is 18.7 Å². The van der Waals surface area contributed by atoms with Gasteiger partial charge in [-0.1, -0.05) is 0 Å². The molecule has 1 amide bonds. The van der Waals surface area contributed by atoms with Crippen molar-refractivity contribution in [1.29, 1.82) is 0 Å². The molecule has 7 heteroatoms. The van der Waals surface area contributed by atoms with Crippen LogP contribution in [0, 0.1) is 6.92 Å². The summed E-state index contributed by atoms with van der Waals surface area (Å²) in [4.78, 5) is 31.1. The third-order valence-electron chi connectivity index (χ3n) is 4.98. The molecule has 1 fully saturated rings. The van der Waals surface area contributed by atoms with E-state index in [0.29, 0.717) is 36.4 Å². The van der Waals surface area contributed by atoms with Gasteiger partial charge in [0.25, 0.3) is 11.7 Å². The van der Waals surface area contributed by atoms with Crippen molar-refractivity contribution in [2.75, 3.05) is 27.4 Å². The number of nitrogens with zero attached hydrogens (tertiary/aromatic N) is 2. The third-order valence-corrected chi connectivity index (χ3v) is 4.98. The van der Waals surface area contributed by atoms with Crippen LogP contribution in [0.1, 0.15) is 29.2 Å². The summed E-state index contributed by atoms with van der Waals surface area (Å²) < 4.78 is 10.3. The maximum Gasteiger partial charge on any atom is 0.295 e. The summed E-state index contributed by atoms with van der Waals surface area (Å²) >= 11 is 0. The molecule has 0 radical (unpaired) electrons. The highest BCUT2D eigenvalue weighted by Gasteiger charge is 2.45. The third kappa shape index (κ3) is 4.00. The molecular formula is C22H24N2O5. The van der Waals surface area contributed by atoms with Crippen LogP contribution in [0.3, 0.4) is 0 Å². The van der Waals surface area contributed by atoms with E-state index >= 15 is 0 Å². The van der Waals surface area contributed by atoms with Crippen LogP contribution in [-0.4, -0.2) is 54.1 Å². The van der Waals surface area contributed by atoms with Crippen LogP contribution in [0.4, 0.5) is 0 Å². The Morgan fingerprint density at radius 1 is 1.17 bits per heavy atom. The number of aromatic nitrogens is 1. The predicted octanol–water partition coefficient (Wildman–Crippen LogP) is 2.86. The highest BCUT2D eigenvalue weighted by Crippen LogP contribution is 2.39. The number of hydrogen-bond donors (Lipinski definition) is 1. The molecule has 1 saturated heterocycles. The molecule has 29 heavy (non-hydrogen) atoms. The molecule has 1 aliphatic rings. The highest BCUT2D eigenvalue weighted by molar-refractivity contribution is 6.46. The van der Waals surface area contributed by atoms with Crippen molar-refractivity contribution >= 4 is 17.4 Å². The fourth-order valence-electron chi connectivity index (χ4n) is 3.56. The van der Waals surface area contributed by atoms with E-state index in [1.54, 1.807) is 56.9 Å². The molecule has 3 rings (SSSR count). The Balaban J connectivity index is 2.11. The summed E-state index contributed by atoms with van der Waals surface area (Å²) in [6, 6.07) is 7.93. The lowest BCUT2D eigenvalue weighted by Crippen LogP contribution is -2.31. The Kier molecular flexibility index (Phi) is 6.29. The first-order chi connectivity index (χ1) is 14.0. The number of Topliss-reactive ketones (excluding diaryl/α,β-unsaturated/α-hetero) is 1. The van der Waals surface area contributed by atoms with Crippen LogP contribution in [0.25, 0.3) is 5.76 Å². The molecule has 0 saturated carbocycles. The molecule has 0 aliphatic carbocycles. The van der Waals surface area contributed by atoms with E-state index in [1.807, 2.05) is 6.92 Å². The molecule has 1 N–H and O–H groups in total. The number of likely N-dealkylation sites (tertiary alicyclic amines) is 1. The smallest absolute Gasteiger partial charge is 0.295 e. The highest BCUT2D eigenvalue weighted by atomic mass is 16.5. The van der Waals surface area contributed by atoms with Crippen molar-refractivity contribution < 1.29 is 24.2 Å². The summed E-state index contributed by atoms with van der Waals surface area (Å²) in [7, 11) is 3.15. The molecule has 0 spiro atoms. The maximum atomic E-state index is 12.9. The number of amides is 1. The Morgan fingerprint density at radius 2 is 1.90 bits per heavy atom. The van der Waals surface area contributed by atoms with Crippen molar-refractivity contribution in [3.05, 3.63) is 65.0 Å². The zero-order valence-corrected chi connectivity index (χ0v) is 16.7. The van der Waals surface area contributed by atoms with E-state index in [1.165, 1.54) is 4.90 Å². The molecule has 2 aromatic rings. The minimum atomic E-state index is -0.699. The molecule has 1 aromatic heterocycles.